The first-order chi connectivity index (χ1) is 34.2. The summed E-state index contributed by atoms with van der Waals surface area (Å²) in [7, 11) is 0. The second-order valence-electron chi connectivity index (χ2n) is 17.8. The van der Waals surface area contributed by atoms with Gasteiger partial charge in [-0.1, -0.05) is 200 Å². The summed E-state index contributed by atoms with van der Waals surface area (Å²) < 4.78 is 9.06. The molecule has 13 aromatic rings. The van der Waals surface area contributed by atoms with Crippen molar-refractivity contribution in [2.45, 2.75) is 5.41 Å². The van der Waals surface area contributed by atoms with Crippen molar-refractivity contribution >= 4 is 53.4 Å². The SMILES string of the molecule is c1ccc(-c2ccc(-c3nc(-c4cccc5c4sc4ccccc45)nc(-c4cccc5oc6ccc(-c7ccc8c(c7)C(c7ccccc7)(c7ccccc7)c7ccccc7-8)cc6c45)n3)cc2)cc1. The van der Waals surface area contributed by atoms with Crippen LogP contribution in [0.3, 0.4) is 0 Å². The van der Waals surface area contributed by atoms with E-state index in [1.54, 1.807) is 11.3 Å². The van der Waals surface area contributed by atoms with Gasteiger partial charge in [-0.15, -0.1) is 11.3 Å². The van der Waals surface area contributed by atoms with Crippen LogP contribution in [0.1, 0.15) is 22.3 Å². The predicted octanol–water partition coefficient (Wildman–Crippen LogP) is 16.8. The number of furan rings is 1. The van der Waals surface area contributed by atoms with Crippen molar-refractivity contribution in [3.63, 3.8) is 0 Å². The van der Waals surface area contributed by atoms with Crippen LogP contribution in [0, 0.1) is 0 Å². The van der Waals surface area contributed by atoms with Crippen LogP contribution in [0.15, 0.2) is 241 Å². The Morgan fingerprint density at radius 3 is 1.68 bits per heavy atom. The Balaban J connectivity index is 0.957. The first-order valence-electron chi connectivity index (χ1n) is 23.3. The molecule has 0 unspecified atom stereocenters. The quantitative estimate of drug-likeness (QED) is 0.160. The summed E-state index contributed by atoms with van der Waals surface area (Å²) in [6, 6.07) is 84.6. The molecule has 3 heterocycles. The monoisotopic (exact) mass is 897 g/mol. The average molecular weight is 898 g/mol. The Bertz CT molecular complexity index is 4080. The average Bonchev–Trinajstić information content (AvgIpc) is 4.10. The van der Waals surface area contributed by atoms with Gasteiger partial charge >= 0.3 is 0 Å². The maximum atomic E-state index is 6.68. The molecule has 0 fully saturated rings. The lowest BCUT2D eigenvalue weighted by atomic mass is 9.67. The highest BCUT2D eigenvalue weighted by Crippen LogP contribution is 2.57. The third-order valence-corrected chi connectivity index (χ3v) is 15.3. The van der Waals surface area contributed by atoms with Gasteiger partial charge < -0.3 is 4.42 Å². The molecule has 0 saturated carbocycles. The maximum absolute atomic E-state index is 6.68. The van der Waals surface area contributed by atoms with Crippen LogP contribution in [0.25, 0.3) is 110 Å². The number of fused-ring (bicyclic) bond motifs is 9. The highest BCUT2D eigenvalue weighted by Gasteiger charge is 2.46. The summed E-state index contributed by atoms with van der Waals surface area (Å²) >= 11 is 1.78. The molecule has 10 aromatic carbocycles. The van der Waals surface area contributed by atoms with Gasteiger partial charge in [0.2, 0.25) is 0 Å². The molecule has 0 bridgehead atoms. The first kappa shape index (κ1) is 39.4. The zero-order chi connectivity index (χ0) is 45.5. The van der Waals surface area contributed by atoms with E-state index in [9.17, 15) is 0 Å². The molecule has 322 valence electrons. The van der Waals surface area contributed by atoms with Crippen molar-refractivity contribution in [1.82, 2.24) is 15.0 Å². The second kappa shape index (κ2) is 15.7. The molecule has 1 aliphatic carbocycles. The zero-order valence-corrected chi connectivity index (χ0v) is 38.0. The highest BCUT2D eigenvalue weighted by atomic mass is 32.1. The molecule has 0 aliphatic heterocycles. The van der Waals surface area contributed by atoms with E-state index in [4.69, 9.17) is 19.4 Å². The Morgan fingerprint density at radius 1 is 0.333 bits per heavy atom. The molecule has 0 radical (unpaired) electrons. The largest absolute Gasteiger partial charge is 0.456 e. The van der Waals surface area contributed by atoms with Crippen molar-refractivity contribution in [2.24, 2.45) is 0 Å². The predicted molar refractivity (Wildman–Crippen MR) is 284 cm³/mol. The van der Waals surface area contributed by atoms with Gasteiger partial charge in [-0.25, -0.2) is 15.0 Å². The smallest absolute Gasteiger partial charge is 0.165 e. The van der Waals surface area contributed by atoms with Gasteiger partial charge in [-0.05, 0) is 92.0 Å². The highest BCUT2D eigenvalue weighted by molar-refractivity contribution is 7.26. The van der Waals surface area contributed by atoms with Crippen molar-refractivity contribution in [1.29, 1.82) is 0 Å². The van der Waals surface area contributed by atoms with Crippen LogP contribution in [0.4, 0.5) is 0 Å². The molecular formula is C64H39N3OS. The lowest BCUT2D eigenvalue weighted by Crippen LogP contribution is -2.28. The minimum absolute atomic E-state index is 0.500. The number of rotatable bonds is 7. The van der Waals surface area contributed by atoms with E-state index in [1.807, 2.05) is 18.2 Å². The number of nitrogens with zero attached hydrogens (tertiary/aromatic N) is 3. The van der Waals surface area contributed by atoms with Crippen LogP contribution >= 0.6 is 11.3 Å². The molecule has 14 rings (SSSR count). The molecule has 0 saturated heterocycles. The minimum atomic E-state index is -0.500. The third kappa shape index (κ3) is 6.18. The molecule has 3 aromatic heterocycles. The van der Waals surface area contributed by atoms with E-state index in [0.717, 1.165) is 65.6 Å². The number of benzene rings is 10. The van der Waals surface area contributed by atoms with Crippen LogP contribution in [0.5, 0.6) is 0 Å². The molecule has 0 amide bonds. The van der Waals surface area contributed by atoms with E-state index in [0.29, 0.717) is 17.5 Å². The number of hydrogen-bond donors (Lipinski definition) is 0. The summed E-state index contributed by atoms with van der Waals surface area (Å²) in [6.07, 6.45) is 0. The summed E-state index contributed by atoms with van der Waals surface area (Å²) in [5.74, 6) is 1.83. The van der Waals surface area contributed by atoms with Crippen molar-refractivity contribution < 1.29 is 4.42 Å². The number of thiophene rings is 1. The van der Waals surface area contributed by atoms with Gasteiger partial charge in [-0.3, -0.25) is 0 Å². The van der Waals surface area contributed by atoms with E-state index < -0.39 is 5.41 Å². The Hall–Kier alpha value is -8.77. The van der Waals surface area contributed by atoms with Crippen molar-refractivity contribution in [2.75, 3.05) is 0 Å². The number of hydrogen-bond acceptors (Lipinski definition) is 5. The fourth-order valence-corrected chi connectivity index (χ4v) is 12.1. The maximum Gasteiger partial charge on any atom is 0.165 e. The van der Waals surface area contributed by atoms with Crippen LogP contribution < -0.4 is 0 Å². The third-order valence-electron chi connectivity index (χ3n) is 14.1. The normalized spacial score (nSPS) is 12.8. The summed E-state index contributed by atoms with van der Waals surface area (Å²) in [6.45, 7) is 0. The molecule has 0 N–H and O–H groups in total. The topological polar surface area (TPSA) is 51.8 Å². The van der Waals surface area contributed by atoms with Crippen molar-refractivity contribution in [3.8, 4) is 67.5 Å². The second-order valence-corrected chi connectivity index (χ2v) is 18.9. The van der Waals surface area contributed by atoms with Gasteiger partial charge in [0, 0.05) is 47.6 Å². The fourth-order valence-electron chi connectivity index (χ4n) is 10.9. The van der Waals surface area contributed by atoms with Gasteiger partial charge in [0.25, 0.3) is 0 Å². The Kier molecular flexibility index (Phi) is 8.95. The van der Waals surface area contributed by atoms with E-state index in [-0.39, 0.29) is 0 Å². The molecule has 69 heavy (non-hydrogen) atoms. The number of aromatic nitrogens is 3. The van der Waals surface area contributed by atoms with Gasteiger partial charge in [-0.2, -0.15) is 0 Å². The van der Waals surface area contributed by atoms with Crippen LogP contribution in [0.2, 0.25) is 0 Å². The van der Waals surface area contributed by atoms with Gasteiger partial charge in [0.05, 0.1) is 5.41 Å². The summed E-state index contributed by atoms with van der Waals surface area (Å²) in [4.78, 5) is 16.0. The Labute approximate surface area is 402 Å². The molecule has 1 aliphatic rings. The minimum Gasteiger partial charge on any atom is -0.456 e. The molecule has 5 heteroatoms. The molecule has 0 spiro atoms. The zero-order valence-electron chi connectivity index (χ0n) is 37.2. The lowest BCUT2D eigenvalue weighted by Gasteiger charge is -2.34. The Morgan fingerprint density at radius 2 is 0.884 bits per heavy atom. The van der Waals surface area contributed by atoms with E-state index in [1.165, 1.54) is 48.9 Å². The van der Waals surface area contributed by atoms with Gasteiger partial charge in [0.15, 0.2) is 17.5 Å². The first-order valence-corrected chi connectivity index (χ1v) is 24.1. The van der Waals surface area contributed by atoms with E-state index in [2.05, 4.69) is 218 Å². The van der Waals surface area contributed by atoms with Gasteiger partial charge in [0.1, 0.15) is 11.2 Å². The molecule has 4 nitrogen and oxygen atoms in total. The summed E-state index contributed by atoms with van der Waals surface area (Å²) in [5.41, 5.74) is 15.9. The van der Waals surface area contributed by atoms with Crippen molar-refractivity contribution in [3.05, 3.63) is 259 Å². The van der Waals surface area contributed by atoms with Crippen LogP contribution in [-0.2, 0) is 5.41 Å². The van der Waals surface area contributed by atoms with Crippen LogP contribution in [-0.4, -0.2) is 15.0 Å². The molecular weight excluding hydrogens is 859 g/mol. The summed E-state index contributed by atoms with van der Waals surface area (Å²) in [5, 5.41) is 4.39. The van der Waals surface area contributed by atoms with E-state index >= 15 is 0 Å². The fraction of sp³-hybridized carbons (Fsp3) is 0.0156. The molecule has 0 atom stereocenters. The standard InChI is InChI=1S/C64H39N3OS/c1-4-16-40(17-5-1)41-30-32-42(33-31-41)61-65-62(67-63(66-61)52-26-14-24-50-49-23-11-13-29-58(49)69-60(50)52)51-25-15-28-57-59(51)53-38-43(35-37-56(53)68-57)44-34-36-48-47-22-10-12-27-54(47)64(55(48)39-44,45-18-6-2-7-19-45)46-20-8-3-9-21-46/h1-39H. The lowest BCUT2D eigenvalue weighted by molar-refractivity contribution is 0.669.